The van der Waals surface area contributed by atoms with E-state index in [0.29, 0.717) is 12.2 Å². The molecule has 0 spiro atoms. The minimum Gasteiger partial charge on any atom is -0.392 e. The van der Waals surface area contributed by atoms with E-state index in [9.17, 15) is 9.50 Å². The lowest BCUT2D eigenvalue weighted by Crippen LogP contribution is -2.13. The van der Waals surface area contributed by atoms with Crippen molar-refractivity contribution >= 4 is 11.8 Å². The Balaban J connectivity index is 1.86. The van der Waals surface area contributed by atoms with E-state index in [1.807, 2.05) is 12.1 Å². The lowest BCUT2D eigenvalue weighted by Gasteiger charge is -2.11. The second-order valence-corrected chi connectivity index (χ2v) is 5.62. The molecule has 0 aliphatic rings. The fourth-order valence-electron chi connectivity index (χ4n) is 1.86. The molecule has 3 heteroatoms. The molecule has 2 aromatic carbocycles. The predicted octanol–water partition coefficient (Wildman–Crippen LogP) is 3.83. The average Bonchev–Trinajstić information content (AvgIpc) is 2.40. The molecule has 100 valence electrons. The normalized spacial score (nSPS) is 12.4. The third kappa shape index (κ3) is 4.37. The summed E-state index contributed by atoms with van der Waals surface area (Å²) < 4.78 is 12.8. The summed E-state index contributed by atoms with van der Waals surface area (Å²) in [5.74, 6) is 0.398. The van der Waals surface area contributed by atoms with E-state index in [4.69, 9.17) is 0 Å². The van der Waals surface area contributed by atoms with Gasteiger partial charge in [-0.3, -0.25) is 0 Å². The van der Waals surface area contributed by atoms with Gasteiger partial charge >= 0.3 is 0 Å². The van der Waals surface area contributed by atoms with E-state index in [-0.39, 0.29) is 5.82 Å². The lowest BCUT2D eigenvalue weighted by atomic mass is 10.1. The Morgan fingerprint density at radius 1 is 1.11 bits per heavy atom. The lowest BCUT2D eigenvalue weighted by molar-refractivity contribution is 0.200. The minimum absolute atomic E-state index is 0.243. The van der Waals surface area contributed by atoms with E-state index in [2.05, 4.69) is 19.1 Å². The van der Waals surface area contributed by atoms with Crippen LogP contribution in [-0.4, -0.2) is 17.0 Å². The molecule has 1 atom stereocenters. The maximum absolute atomic E-state index is 12.8. The molecule has 0 aliphatic carbocycles. The largest absolute Gasteiger partial charge is 0.392 e. The smallest absolute Gasteiger partial charge is 0.123 e. The fourth-order valence-corrected chi connectivity index (χ4v) is 2.82. The monoisotopic (exact) mass is 276 g/mol. The molecule has 2 aromatic rings. The molecular weight excluding hydrogens is 259 g/mol. The zero-order valence-electron chi connectivity index (χ0n) is 10.8. The van der Waals surface area contributed by atoms with Crippen LogP contribution in [0.15, 0.2) is 53.4 Å². The summed E-state index contributed by atoms with van der Waals surface area (Å²) in [4.78, 5) is 1.20. The van der Waals surface area contributed by atoms with Crippen LogP contribution in [0.25, 0.3) is 0 Å². The predicted molar refractivity (Wildman–Crippen MR) is 78.0 cm³/mol. The van der Waals surface area contributed by atoms with Gasteiger partial charge in [0.05, 0.1) is 6.10 Å². The topological polar surface area (TPSA) is 20.2 Å². The van der Waals surface area contributed by atoms with Crippen LogP contribution in [0.2, 0.25) is 0 Å². The Hall–Kier alpha value is -1.32. The van der Waals surface area contributed by atoms with Crippen molar-refractivity contribution in [3.63, 3.8) is 0 Å². The highest BCUT2D eigenvalue weighted by molar-refractivity contribution is 7.99. The third-order valence-corrected chi connectivity index (χ3v) is 4.23. The molecule has 0 radical (unpaired) electrons. The average molecular weight is 276 g/mol. The highest BCUT2D eigenvalue weighted by Gasteiger charge is 2.07. The summed E-state index contributed by atoms with van der Waals surface area (Å²) in [6.07, 6.45) is 0.133. The zero-order valence-corrected chi connectivity index (χ0v) is 11.7. The highest BCUT2D eigenvalue weighted by Crippen LogP contribution is 2.23. The Labute approximate surface area is 117 Å². The van der Waals surface area contributed by atoms with Crippen LogP contribution in [0.1, 0.15) is 11.1 Å². The maximum Gasteiger partial charge on any atom is 0.123 e. The van der Waals surface area contributed by atoms with Gasteiger partial charge < -0.3 is 5.11 Å². The van der Waals surface area contributed by atoms with E-state index >= 15 is 0 Å². The summed E-state index contributed by atoms with van der Waals surface area (Å²) in [6.45, 7) is 2.06. The van der Waals surface area contributed by atoms with Gasteiger partial charge in [0, 0.05) is 10.6 Å². The first kappa shape index (κ1) is 14.1. The van der Waals surface area contributed by atoms with Crippen molar-refractivity contribution in [1.82, 2.24) is 0 Å². The molecule has 19 heavy (non-hydrogen) atoms. The molecule has 1 nitrogen and oxygen atoms in total. The number of benzene rings is 2. The van der Waals surface area contributed by atoms with Gasteiger partial charge in [0.1, 0.15) is 5.82 Å². The van der Waals surface area contributed by atoms with Gasteiger partial charge in [0.2, 0.25) is 0 Å². The number of aryl methyl sites for hydroxylation is 1. The van der Waals surface area contributed by atoms with Gasteiger partial charge in [-0.25, -0.2) is 4.39 Å². The number of aliphatic hydroxyl groups is 1. The Bertz CT molecular complexity index is 525. The van der Waals surface area contributed by atoms with E-state index in [0.717, 1.165) is 5.56 Å². The van der Waals surface area contributed by atoms with Crippen molar-refractivity contribution in [3.8, 4) is 0 Å². The van der Waals surface area contributed by atoms with Crippen molar-refractivity contribution in [2.45, 2.75) is 24.3 Å². The fraction of sp³-hybridized carbons (Fsp3) is 0.250. The van der Waals surface area contributed by atoms with Gasteiger partial charge in [0.25, 0.3) is 0 Å². The zero-order chi connectivity index (χ0) is 13.7. The second-order valence-electron chi connectivity index (χ2n) is 4.56. The summed E-state index contributed by atoms with van der Waals surface area (Å²) in [5.41, 5.74) is 2.18. The number of aliphatic hydroxyl groups excluding tert-OH is 1. The number of hydrogen-bond donors (Lipinski definition) is 1. The molecule has 0 heterocycles. The van der Waals surface area contributed by atoms with E-state index < -0.39 is 6.10 Å². The molecule has 2 rings (SSSR count). The second kappa shape index (κ2) is 6.73. The molecule has 0 aromatic heterocycles. The van der Waals surface area contributed by atoms with Crippen molar-refractivity contribution in [2.24, 2.45) is 0 Å². The van der Waals surface area contributed by atoms with Crippen molar-refractivity contribution in [2.75, 3.05) is 5.75 Å². The minimum atomic E-state index is -0.421. The van der Waals surface area contributed by atoms with Crippen LogP contribution < -0.4 is 0 Å². The first-order chi connectivity index (χ1) is 9.15. The van der Waals surface area contributed by atoms with Gasteiger partial charge in [-0.2, -0.15) is 0 Å². The molecule has 0 fully saturated rings. The quantitative estimate of drug-likeness (QED) is 0.838. The van der Waals surface area contributed by atoms with Crippen LogP contribution in [0.5, 0.6) is 0 Å². The molecule has 0 saturated heterocycles. The standard InChI is InChI=1S/C16H17FOS/c1-12-4-2-3-5-16(12)19-11-15(18)10-13-6-8-14(17)9-7-13/h2-9,15,18H,10-11H2,1H3. The first-order valence-electron chi connectivity index (χ1n) is 6.26. The van der Waals surface area contributed by atoms with Crippen LogP contribution in [0.4, 0.5) is 4.39 Å². The number of rotatable bonds is 5. The molecule has 1 N–H and O–H groups in total. The molecule has 0 saturated carbocycles. The van der Waals surface area contributed by atoms with Gasteiger partial charge in [-0.15, -0.1) is 11.8 Å². The number of halogens is 1. The molecule has 1 unspecified atom stereocenters. The molecule has 0 amide bonds. The molecule has 0 aliphatic heterocycles. The molecule has 0 bridgehead atoms. The van der Waals surface area contributed by atoms with Crippen LogP contribution >= 0.6 is 11.8 Å². The SMILES string of the molecule is Cc1ccccc1SCC(O)Cc1ccc(F)cc1. The Morgan fingerprint density at radius 3 is 2.47 bits per heavy atom. The summed E-state index contributed by atoms with van der Waals surface area (Å²) >= 11 is 1.65. The van der Waals surface area contributed by atoms with Gasteiger partial charge in [0.15, 0.2) is 0 Å². The molecular formula is C16H17FOS. The van der Waals surface area contributed by atoms with Gasteiger partial charge in [-0.05, 0) is 42.7 Å². The van der Waals surface area contributed by atoms with Crippen LogP contribution in [-0.2, 0) is 6.42 Å². The summed E-state index contributed by atoms with van der Waals surface area (Å²) in [6, 6.07) is 14.4. The number of hydrogen-bond acceptors (Lipinski definition) is 2. The van der Waals surface area contributed by atoms with Crippen molar-refractivity contribution < 1.29 is 9.50 Å². The third-order valence-electron chi connectivity index (χ3n) is 2.91. The Kier molecular flexibility index (Phi) is 5.00. The van der Waals surface area contributed by atoms with Gasteiger partial charge in [-0.1, -0.05) is 30.3 Å². The summed E-state index contributed by atoms with van der Waals surface area (Å²) in [7, 11) is 0. The maximum atomic E-state index is 12.8. The van der Waals surface area contributed by atoms with E-state index in [1.54, 1.807) is 23.9 Å². The number of thioether (sulfide) groups is 1. The van der Waals surface area contributed by atoms with Crippen molar-refractivity contribution in [3.05, 3.63) is 65.5 Å². The highest BCUT2D eigenvalue weighted by atomic mass is 32.2. The van der Waals surface area contributed by atoms with E-state index in [1.165, 1.54) is 22.6 Å². The van der Waals surface area contributed by atoms with Crippen molar-refractivity contribution in [1.29, 1.82) is 0 Å². The summed E-state index contributed by atoms with van der Waals surface area (Å²) in [5, 5.41) is 10.0. The first-order valence-corrected chi connectivity index (χ1v) is 7.24. The Morgan fingerprint density at radius 2 is 1.79 bits per heavy atom. The van der Waals surface area contributed by atoms with Crippen LogP contribution in [0, 0.1) is 12.7 Å². The van der Waals surface area contributed by atoms with Crippen LogP contribution in [0.3, 0.4) is 0 Å².